The van der Waals surface area contributed by atoms with Crippen molar-refractivity contribution in [3.63, 3.8) is 0 Å². The third kappa shape index (κ3) is 8.97. The van der Waals surface area contributed by atoms with Gasteiger partial charge in [0.1, 0.15) is 22.0 Å². The largest absolute Gasteiger partial charge is 0.487 e. The zero-order chi connectivity index (χ0) is 38.7. The number of ether oxygens (including phenoxy) is 3. The summed E-state index contributed by atoms with van der Waals surface area (Å²) < 4.78 is 59.4. The van der Waals surface area contributed by atoms with Crippen molar-refractivity contribution in [2.24, 2.45) is 5.92 Å². The number of hydrogen-bond acceptors (Lipinski definition) is 7. The molecule has 3 aromatic carbocycles. The van der Waals surface area contributed by atoms with E-state index in [9.17, 15) is 28.7 Å². The standard InChI is InChI=1S/C39H38Cl2F3N3O7/c1-22(2)52-35-16-25(8-10-34(35)53-38(43)44)27(17-29-30(40)19-46(51)20-31(29)41)28-15-23(7-9-26(28)37(48)49)18-47(33-6-4-3-5-32(33)42)39(50)54-36-21-45-13-11-24(36)12-14-45/h3-10,15-16,19-20,22,24,27,36,38H,11-14,17-18,21H2,1-2H3,(H-,48,49,51)/p+1/t27-,36-/m0/s1. The van der Waals surface area contributed by atoms with Gasteiger partial charge in [0, 0.05) is 22.8 Å². The van der Waals surface area contributed by atoms with Crippen LogP contribution in [0.3, 0.4) is 0 Å². The number of carboxylic acids is 1. The molecule has 4 aromatic rings. The number of aromatic carboxylic acids is 1. The maximum Gasteiger partial charge on any atom is 0.415 e. The minimum absolute atomic E-state index is 0.0134. The summed E-state index contributed by atoms with van der Waals surface area (Å²) in [6.07, 6.45) is 2.64. The van der Waals surface area contributed by atoms with Crippen LogP contribution in [-0.4, -0.2) is 65.7 Å². The molecule has 1 amide bonds. The molecule has 7 rings (SSSR count). The Morgan fingerprint density at radius 3 is 2.30 bits per heavy atom. The van der Waals surface area contributed by atoms with E-state index in [1.807, 2.05) is 0 Å². The van der Waals surface area contributed by atoms with Crippen molar-refractivity contribution >= 4 is 41.0 Å². The van der Waals surface area contributed by atoms with Crippen molar-refractivity contribution in [1.29, 1.82) is 0 Å². The molecule has 3 saturated heterocycles. The molecule has 15 heteroatoms. The number of carbonyl (C=O) groups is 2. The number of fused-ring (bicyclic) bond motifs is 3. The maximum atomic E-state index is 15.4. The molecule has 0 aliphatic carbocycles. The van der Waals surface area contributed by atoms with Crippen molar-refractivity contribution in [3.8, 4) is 11.5 Å². The lowest BCUT2D eigenvalue weighted by Gasteiger charge is -2.44. The zero-order valence-electron chi connectivity index (χ0n) is 29.4. The number of carbonyl (C=O) groups excluding carboxylic acids is 1. The highest BCUT2D eigenvalue weighted by Crippen LogP contribution is 2.40. The molecule has 54 heavy (non-hydrogen) atoms. The number of rotatable bonds is 13. The predicted molar refractivity (Wildman–Crippen MR) is 194 cm³/mol. The molecule has 0 radical (unpaired) electrons. The highest BCUT2D eigenvalue weighted by Gasteiger charge is 2.38. The van der Waals surface area contributed by atoms with E-state index in [4.69, 9.17) is 37.4 Å². The Labute approximate surface area is 320 Å². The molecule has 2 N–H and O–H groups in total. The molecule has 1 aromatic heterocycles. The number of hydrogen-bond donors (Lipinski definition) is 2. The number of benzene rings is 3. The maximum absolute atomic E-state index is 15.4. The molecule has 0 saturated carbocycles. The van der Waals surface area contributed by atoms with E-state index in [0.29, 0.717) is 28.0 Å². The van der Waals surface area contributed by atoms with Crippen molar-refractivity contribution < 1.29 is 52.0 Å². The fourth-order valence-corrected chi connectivity index (χ4v) is 7.77. The van der Waals surface area contributed by atoms with E-state index < -0.39 is 36.5 Å². The molecule has 0 spiro atoms. The van der Waals surface area contributed by atoms with Crippen LogP contribution in [0.15, 0.2) is 73.1 Å². The number of pyridine rings is 1. The van der Waals surface area contributed by atoms with Crippen LogP contribution in [0.25, 0.3) is 0 Å². The van der Waals surface area contributed by atoms with E-state index in [1.165, 1.54) is 65.8 Å². The molecule has 3 aliphatic heterocycles. The van der Waals surface area contributed by atoms with Crippen molar-refractivity contribution in [1.82, 2.24) is 4.90 Å². The Balaban J connectivity index is 1.45. The number of halogens is 5. The fourth-order valence-electron chi connectivity index (χ4n) is 7.16. The Morgan fingerprint density at radius 1 is 0.981 bits per heavy atom. The summed E-state index contributed by atoms with van der Waals surface area (Å²) in [5.41, 5.74) is 1.32. The normalized spacial score (nSPS) is 18.4. The summed E-state index contributed by atoms with van der Waals surface area (Å²) in [5, 5.41) is 20.6. The molecular weight excluding hydrogens is 750 g/mol. The minimum atomic E-state index is -3.14. The van der Waals surface area contributed by atoms with Gasteiger partial charge in [-0.3, -0.25) is 15.0 Å². The monoisotopic (exact) mass is 788 g/mol. The predicted octanol–water partition coefficient (Wildman–Crippen LogP) is 8.36. The van der Waals surface area contributed by atoms with E-state index in [-0.39, 0.29) is 63.3 Å². The molecule has 286 valence electrons. The smallest absolute Gasteiger partial charge is 0.415 e. The minimum Gasteiger partial charge on any atom is -0.487 e. The summed E-state index contributed by atoms with van der Waals surface area (Å²) >= 11 is 13.1. The lowest BCUT2D eigenvalue weighted by molar-refractivity contribution is -0.904. The quantitative estimate of drug-likeness (QED) is 0.103. The van der Waals surface area contributed by atoms with Gasteiger partial charge >= 0.3 is 18.7 Å². The van der Waals surface area contributed by atoms with E-state index in [2.05, 4.69) is 4.90 Å². The van der Waals surface area contributed by atoms with Gasteiger partial charge in [-0.05, 0) is 99.1 Å². The lowest BCUT2D eigenvalue weighted by Crippen LogP contribution is -2.53. The van der Waals surface area contributed by atoms with E-state index >= 15 is 4.39 Å². The second kappa shape index (κ2) is 16.7. The first-order valence-electron chi connectivity index (χ1n) is 17.4. The SMILES string of the molecule is CC(C)Oc1cc([C@H](Cc2c(Cl)c[n+](O)cc2Cl)c2cc(CN(C(=O)O[C@H]3CN4CCC3CC4)c3ccccc3F)ccc2C(=O)O)ccc1OC(F)F. The van der Waals surface area contributed by atoms with Crippen molar-refractivity contribution in [2.45, 2.75) is 64.4 Å². The second-order valence-electron chi connectivity index (χ2n) is 13.6. The van der Waals surface area contributed by atoms with Crippen LogP contribution in [0.2, 0.25) is 10.0 Å². The first kappa shape index (κ1) is 39.0. The first-order chi connectivity index (χ1) is 25.8. The average molecular weight is 790 g/mol. The van der Waals surface area contributed by atoms with E-state index in [1.54, 1.807) is 26.0 Å². The van der Waals surface area contributed by atoms with Gasteiger partial charge in [-0.25, -0.2) is 14.0 Å². The Kier molecular flexibility index (Phi) is 12.1. The van der Waals surface area contributed by atoms with Crippen molar-refractivity contribution in [2.75, 3.05) is 24.5 Å². The molecular formula is C39H39Cl2F3N3O7+. The van der Waals surface area contributed by atoms with Gasteiger partial charge in [0.25, 0.3) is 0 Å². The molecule has 2 atom stereocenters. The van der Waals surface area contributed by atoms with Crippen LogP contribution in [0.5, 0.6) is 11.5 Å². The molecule has 4 heterocycles. The Bertz CT molecular complexity index is 1990. The number of nitrogens with zero attached hydrogens (tertiary/aromatic N) is 3. The third-order valence-electron chi connectivity index (χ3n) is 9.70. The van der Waals surface area contributed by atoms with Gasteiger partial charge in [-0.15, -0.1) is 0 Å². The van der Waals surface area contributed by atoms with E-state index in [0.717, 1.165) is 25.9 Å². The average Bonchev–Trinajstić information content (AvgIpc) is 3.11. The molecule has 3 aliphatic rings. The van der Waals surface area contributed by atoms with Gasteiger partial charge in [0.05, 0.1) is 23.9 Å². The van der Waals surface area contributed by atoms with Crippen LogP contribution >= 0.6 is 23.2 Å². The molecule has 0 unspecified atom stereocenters. The molecule has 10 nitrogen and oxygen atoms in total. The lowest BCUT2D eigenvalue weighted by atomic mass is 9.82. The number of anilines is 1. The van der Waals surface area contributed by atoms with Gasteiger partial charge in [-0.2, -0.15) is 8.78 Å². The topological polar surface area (TPSA) is 113 Å². The van der Waals surface area contributed by atoms with Gasteiger partial charge in [0.2, 0.25) is 12.4 Å². The number of aromatic nitrogens is 1. The van der Waals surface area contributed by atoms with Crippen LogP contribution < -0.4 is 19.1 Å². The Hall–Kier alpha value is -4.72. The molecule has 2 bridgehead atoms. The first-order valence-corrected chi connectivity index (χ1v) is 18.2. The van der Waals surface area contributed by atoms with Crippen LogP contribution in [-0.2, 0) is 17.7 Å². The van der Waals surface area contributed by atoms with Crippen LogP contribution in [0.1, 0.15) is 65.2 Å². The Morgan fingerprint density at radius 2 is 1.69 bits per heavy atom. The van der Waals surface area contributed by atoms with Gasteiger partial charge in [-0.1, -0.05) is 53.5 Å². The summed E-state index contributed by atoms with van der Waals surface area (Å²) in [6.45, 7) is 2.53. The number of amides is 1. The summed E-state index contributed by atoms with van der Waals surface area (Å²) in [4.78, 5) is 30.2. The second-order valence-corrected chi connectivity index (χ2v) is 14.5. The number of piperidine rings is 3. The fraction of sp³-hybridized carbons (Fsp3) is 0.359. The third-order valence-corrected chi connectivity index (χ3v) is 10.4. The summed E-state index contributed by atoms with van der Waals surface area (Å²) in [6, 6.07) is 14.6. The summed E-state index contributed by atoms with van der Waals surface area (Å²) in [5.74, 6) is -2.85. The van der Waals surface area contributed by atoms with Crippen molar-refractivity contribution in [3.05, 3.63) is 117 Å². The number of alkyl halides is 2. The van der Waals surface area contributed by atoms with Crippen LogP contribution in [0.4, 0.5) is 23.7 Å². The van der Waals surface area contributed by atoms with Crippen LogP contribution in [0, 0.1) is 11.7 Å². The zero-order valence-corrected chi connectivity index (χ0v) is 30.9. The van der Waals surface area contributed by atoms with Gasteiger partial charge in [0.15, 0.2) is 11.5 Å². The molecule has 3 fully saturated rings. The number of carboxylic acid groups (broad SMARTS) is 1. The highest BCUT2D eigenvalue weighted by molar-refractivity contribution is 6.35. The highest BCUT2D eigenvalue weighted by atomic mass is 35.5. The van der Waals surface area contributed by atoms with Gasteiger partial charge < -0.3 is 19.3 Å². The number of para-hydroxylation sites is 1. The summed E-state index contributed by atoms with van der Waals surface area (Å²) in [7, 11) is 0.